The Hall–Kier alpha value is -0.651. The van der Waals surface area contributed by atoms with Gasteiger partial charge in [-0.05, 0) is 0 Å². The fourth-order valence-electron chi connectivity index (χ4n) is 2.15. The van der Waals surface area contributed by atoms with Gasteiger partial charge in [0.25, 0.3) is 0 Å². The molecule has 1 N–H and O–H groups in total. The van der Waals surface area contributed by atoms with Gasteiger partial charge in [-0.1, -0.05) is 0 Å². The van der Waals surface area contributed by atoms with Crippen LogP contribution in [-0.2, 0) is 6.54 Å². The Balaban J connectivity index is 2.28. The molecule has 0 saturated carbocycles. The SMILES string of the molecule is CC(C)(C)P(=[Se])(NCc1ccccc1)c1ccccc1. The predicted molar refractivity (Wildman–Crippen MR) is 91.8 cm³/mol. The fraction of sp³-hybridized carbons (Fsp3) is 0.294. The second kappa shape index (κ2) is 6.41. The molecule has 0 aliphatic rings. The average Bonchev–Trinajstić information content (AvgIpc) is 2.45. The number of hydrogen-bond acceptors (Lipinski definition) is 1. The minimum atomic E-state index is -1.55. The molecular formula is C17H22NPSe. The third kappa shape index (κ3) is 3.51. The van der Waals surface area contributed by atoms with Gasteiger partial charge in [-0.15, -0.1) is 0 Å². The molecule has 1 nitrogen and oxygen atoms in total. The predicted octanol–water partition coefficient (Wildman–Crippen LogP) is 3.92. The van der Waals surface area contributed by atoms with Crippen molar-refractivity contribution >= 4 is 26.1 Å². The Bertz CT molecular complexity index is 587. The van der Waals surface area contributed by atoms with E-state index in [1.807, 2.05) is 0 Å². The molecular weight excluding hydrogens is 328 g/mol. The maximum absolute atomic E-state index is 3.82. The Labute approximate surface area is 130 Å². The summed E-state index contributed by atoms with van der Waals surface area (Å²) in [6, 6.07) is 21.4. The second-order valence-electron chi connectivity index (χ2n) is 5.94. The standard InChI is InChI=1S/C17H22NPSe/c1-17(2,3)19(20,16-12-8-5-9-13-16)18-14-15-10-6-4-7-11-15/h4-13H,14H2,1-3H3,(H,18,20). The number of nitrogens with one attached hydrogen (secondary N) is 1. The monoisotopic (exact) mass is 351 g/mol. The minimum absolute atomic E-state index is 0.184. The molecule has 0 amide bonds. The van der Waals surface area contributed by atoms with Crippen LogP contribution in [0.4, 0.5) is 0 Å². The molecule has 0 radical (unpaired) electrons. The van der Waals surface area contributed by atoms with Gasteiger partial charge < -0.3 is 0 Å². The van der Waals surface area contributed by atoms with Crippen LogP contribution in [0.3, 0.4) is 0 Å². The quantitative estimate of drug-likeness (QED) is 0.651. The molecule has 0 saturated heterocycles. The van der Waals surface area contributed by atoms with Crippen molar-refractivity contribution in [3.8, 4) is 0 Å². The molecule has 0 spiro atoms. The summed E-state index contributed by atoms with van der Waals surface area (Å²) in [6.45, 7) is 7.82. The van der Waals surface area contributed by atoms with Crippen LogP contribution in [0, 0.1) is 0 Å². The summed E-state index contributed by atoms with van der Waals surface area (Å²) in [6.07, 6.45) is 0. The zero-order valence-electron chi connectivity index (χ0n) is 12.3. The summed E-state index contributed by atoms with van der Waals surface area (Å²) in [5, 5.41) is 5.40. The van der Waals surface area contributed by atoms with Gasteiger partial charge in [0.1, 0.15) is 0 Å². The van der Waals surface area contributed by atoms with Crippen molar-refractivity contribution in [2.24, 2.45) is 0 Å². The summed E-state index contributed by atoms with van der Waals surface area (Å²) in [7, 11) is 0. The third-order valence-electron chi connectivity index (χ3n) is 3.41. The molecule has 2 aromatic rings. The van der Waals surface area contributed by atoms with Crippen LogP contribution in [0.2, 0.25) is 0 Å². The van der Waals surface area contributed by atoms with Crippen LogP contribution in [0.25, 0.3) is 0 Å². The van der Waals surface area contributed by atoms with E-state index >= 15 is 0 Å². The molecule has 1 atom stereocenters. The second-order valence-corrected chi connectivity index (χ2v) is 12.8. The molecule has 2 rings (SSSR count). The summed E-state index contributed by atoms with van der Waals surface area (Å²) < 4.78 is 0. The van der Waals surface area contributed by atoms with E-state index in [-0.39, 0.29) is 5.16 Å². The van der Waals surface area contributed by atoms with Crippen LogP contribution in [-0.4, -0.2) is 20.3 Å². The van der Waals surface area contributed by atoms with Gasteiger partial charge in [0.2, 0.25) is 0 Å². The third-order valence-corrected chi connectivity index (χ3v) is 12.5. The van der Waals surface area contributed by atoms with Crippen molar-refractivity contribution in [1.82, 2.24) is 5.09 Å². The first kappa shape index (κ1) is 15.7. The van der Waals surface area contributed by atoms with Crippen molar-refractivity contribution in [1.29, 1.82) is 0 Å². The number of hydrogen-bond donors (Lipinski definition) is 1. The van der Waals surface area contributed by atoms with Crippen molar-refractivity contribution in [2.75, 3.05) is 0 Å². The Morgan fingerprint density at radius 1 is 0.900 bits per heavy atom. The van der Waals surface area contributed by atoms with E-state index in [1.54, 1.807) is 0 Å². The van der Waals surface area contributed by atoms with Crippen molar-refractivity contribution in [3.05, 3.63) is 66.2 Å². The van der Waals surface area contributed by atoms with Crippen molar-refractivity contribution in [3.63, 3.8) is 0 Å². The van der Waals surface area contributed by atoms with E-state index in [2.05, 4.69) is 102 Å². The molecule has 0 bridgehead atoms. The Morgan fingerprint density at radius 3 is 1.90 bits per heavy atom. The molecule has 2 aromatic carbocycles. The summed E-state index contributed by atoms with van der Waals surface area (Å²) in [5.41, 5.74) is -0.220. The topological polar surface area (TPSA) is 12.0 Å². The van der Waals surface area contributed by atoms with Gasteiger partial charge >= 0.3 is 130 Å². The van der Waals surface area contributed by atoms with Crippen molar-refractivity contribution in [2.45, 2.75) is 32.5 Å². The molecule has 106 valence electrons. The van der Waals surface area contributed by atoms with E-state index in [1.165, 1.54) is 10.9 Å². The molecule has 0 aliphatic heterocycles. The number of rotatable bonds is 4. The van der Waals surface area contributed by atoms with Gasteiger partial charge in [0.05, 0.1) is 0 Å². The van der Waals surface area contributed by atoms with Crippen LogP contribution in [0.1, 0.15) is 26.3 Å². The Morgan fingerprint density at radius 2 is 1.40 bits per heavy atom. The van der Waals surface area contributed by atoms with E-state index in [4.69, 9.17) is 0 Å². The first-order chi connectivity index (χ1) is 9.43. The van der Waals surface area contributed by atoms with Crippen LogP contribution in [0.5, 0.6) is 0 Å². The zero-order valence-corrected chi connectivity index (χ0v) is 14.9. The van der Waals surface area contributed by atoms with Gasteiger partial charge in [0.15, 0.2) is 0 Å². The molecule has 0 heterocycles. The molecule has 1 unspecified atom stereocenters. The fourth-order valence-corrected chi connectivity index (χ4v) is 5.75. The zero-order chi connectivity index (χ0) is 14.6. The van der Waals surface area contributed by atoms with E-state index in [0.29, 0.717) is 0 Å². The van der Waals surface area contributed by atoms with Crippen LogP contribution < -0.4 is 10.4 Å². The molecule has 0 aromatic heterocycles. The van der Waals surface area contributed by atoms with Gasteiger partial charge in [0, 0.05) is 0 Å². The van der Waals surface area contributed by atoms with E-state index in [9.17, 15) is 0 Å². The Kier molecular flexibility index (Phi) is 5.04. The molecule has 0 fully saturated rings. The van der Waals surface area contributed by atoms with E-state index in [0.717, 1.165) is 6.54 Å². The molecule has 20 heavy (non-hydrogen) atoms. The first-order valence-corrected chi connectivity index (χ1v) is 10.9. The van der Waals surface area contributed by atoms with Crippen LogP contribution >= 0.6 is 5.66 Å². The van der Waals surface area contributed by atoms with Crippen LogP contribution in [0.15, 0.2) is 60.7 Å². The first-order valence-electron chi connectivity index (χ1n) is 6.88. The molecule has 3 heteroatoms. The average molecular weight is 350 g/mol. The summed E-state index contributed by atoms with van der Waals surface area (Å²) >= 11 is 3.52. The van der Waals surface area contributed by atoms with Gasteiger partial charge in [-0.3, -0.25) is 0 Å². The van der Waals surface area contributed by atoms with Gasteiger partial charge in [-0.25, -0.2) is 0 Å². The van der Waals surface area contributed by atoms with Gasteiger partial charge in [-0.2, -0.15) is 0 Å². The summed E-state index contributed by atoms with van der Waals surface area (Å²) in [4.78, 5) is 0. The maximum atomic E-state index is 3.82. The molecule has 0 aliphatic carbocycles. The number of benzene rings is 2. The summed E-state index contributed by atoms with van der Waals surface area (Å²) in [5.74, 6) is 0. The van der Waals surface area contributed by atoms with E-state index < -0.39 is 5.66 Å². The van der Waals surface area contributed by atoms with Crippen molar-refractivity contribution < 1.29 is 0 Å². The normalized spacial score (nSPS) is 14.8.